The Morgan fingerprint density at radius 2 is 1.73 bits per heavy atom. The van der Waals surface area contributed by atoms with Gasteiger partial charge in [-0.2, -0.15) is 4.98 Å². The van der Waals surface area contributed by atoms with Crippen molar-refractivity contribution in [3.63, 3.8) is 0 Å². The summed E-state index contributed by atoms with van der Waals surface area (Å²) in [6.45, 7) is 1.30. The largest absolute Gasteiger partial charge is 0.362 e. The molecule has 1 aromatic carbocycles. The van der Waals surface area contributed by atoms with E-state index in [1.54, 1.807) is 6.07 Å². The van der Waals surface area contributed by atoms with Crippen molar-refractivity contribution in [1.82, 2.24) is 14.7 Å². The minimum absolute atomic E-state index is 0.326. The van der Waals surface area contributed by atoms with Gasteiger partial charge in [0, 0.05) is 37.0 Å². The molecular formula is C22H27Br2N5O2S2. The van der Waals surface area contributed by atoms with E-state index < -0.39 is 10.0 Å². The Labute approximate surface area is 215 Å². The molecule has 7 nitrogen and oxygen atoms in total. The monoisotopic (exact) mass is 615 g/mol. The Hall–Kier alpha value is -1.27. The van der Waals surface area contributed by atoms with E-state index in [1.165, 1.54) is 11.3 Å². The normalized spacial score (nSPS) is 19.0. The number of halogens is 2. The zero-order valence-electron chi connectivity index (χ0n) is 18.5. The smallest absolute Gasteiger partial charge is 0.250 e. The van der Waals surface area contributed by atoms with Crippen molar-refractivity contribution in [1.29, 1.82) is 0 Å². The molecule has 0 aliphatic heterocycles. The molecule has 0 atom stereocenters. The maximum absolute atomic E-state index is 12.6. The van der Waals surface area contributed by atoms with Crippen LogP contribution in [-0.4, -0.2) is 45.6 Å². The van der Waals surface area contributed by atoms with Crippen LogP contribution in [0.1, 0.15) is 25.7 Å². The topological polar surface area (TPSA) is 87.2 Å². The number of aromatic nitrogens is 2. The Kier molecular flexibility index (Phi) is 7.95. The molecule has 1 aliphatic carbocycles. The molecule has 178 valence electrons. The fourth-order valence-electron chi connectivity index (χ4n) is 4.11. The van der Waals surface area contributed by atoms with E-state index >= 15 is 0 Å². The maximum Gasteiger partial charge on any atom is 0.250 e. The molecule has 33 heavy (non-hydrogen) atoms. The molecule has 2 heterocycles. The summed E-state index contributed by atoms with van der Waals surface area (Å²) in [5.41, 5.74) is 0.930. The van der Waals surface area contributed by atoms with E-state index in [0.717, 1.165) is 57.2 Å². The van der Waals surface area contributed by atoms with Gasteiger partial charge in [-0.25, -0.2) is 18.1 Å². The first kappa shape index (κ1) is 24.8. The number of para-hydroxylation sites is 1. The lowest BCUT2D eigenvalue weighted by atomic mass is 9.82. The number of rotatable bonds is 8. The van der Waals surface area contributed by atoms with Gasteiger partial charge in [0.25, 0.3) is 0 Å². The van der Waals surface area contributed by atoms with E-state index in [0.29, 0.717) is 28.5 Å². The van der Waals surface area contributed by atoms with Gasteiger partial charge in [0.15, 0.2) is 0 Å². The Bertz CT molecular complexity index is 1210. The first-order valence-corrected chi connectivity index (χ1v) is 14.7. The van der Waals surface area contributed by atoms with Crippen LogP contribution in [0.15, 0.2) is 42.8 Å². The number of sulfonamides is 1. The van der Waals surface area contributed by atoms with Crippen LogP contribution in [0.4, 0.5) is 11.8 Å². The minimum atomic E-state index is -3.47. The van der Waals surface area contributed by atoms with Gasteiger partial charge in [0.2, 0.25) is 16.0 Å². The SMILES string of the molecule is CN(C)c1nc(NCC2CCC(CNS(=O)(=O)c3cc(Br)c(Br)s3)CC2)nc2ccccc12. The molecule has 0 unspecified atom stereocenters. The van der Waals surface area contributed by atoms with Crippen LogP contribution in [0.3, 0.4) is 0 Å². The van der Waals surface area contributed by atoms with E-state index in [-0.39, 0.29) is 0 Å². The molecule has 0 saturated heterocycles. The summed E-state index contributed by atoms with van der Waals surface area (Å²) < 4.78 is 29.8. The highest BCUT2D eigenvalue weighted by molar-refractivity contribution is 9.13. The second kappa shape index (κ2) is 10.6. The molecule has 2 N–H and O–H groups in total. The maximum atomic E-state index is 12.6. The molecule has 3 aromatic rings. The molecule has 2 aromatic heterocycles. The highest BCUT2D eigenvalue weighted by Gasteiger charge is 2.25. The third-order valence-corrected chi connectivity index (χ3v) is 11.1. The molecule has 0 radical (unpaired) electrons. The van der Waals surface area contributed by atoms with Crippen molar-refractivity contribution in [3.8, 4) is 0 Å². The van der Waals surface area contributed by atoms with Crippen molar-refractivity contribution in [2.24, 2.45) is 11.8 Å². The van der Waals surface area contributed by atoms with Gasteiger partial charge < -0.3 is 10.2 Å². The van der Waals surface area contributed by atoms with Crippen molar-refractivity contribution >= 4 is 75.9 Å². The molecule has 0 bridgehead atoms. The van der Waals surface area contributed by atoms with Crippen LogP contribution in [0, 0.1) is 11.8 Å². The second-order valence-corrected chi connectivity index (χ2v) is 13.8. The van der Waals surface area contributed by atoms with Crippen molar-refractivity contribution < 1.29 is 8.42 Å². The summed E-state index contributed by atoms with van der Waals surface area (Å²) in [6.07, 6.45) is 4.13. The van der Waals surface area contributed by atoms with Gasteiger partial charge in [-0.05, 0) is 87.6 Å². The van der Waals surface area contributed by atoms with E-state index in [9.17, 15) is 8.42 Å². The fraction of sp³-hybridized carbons (Fsp3) is 0.455. The number of benzene rings is 1. The van der Waals surface area contributed by atoms with Crippen molar-refractivity contribution in [2.75, 3.05) is 37.4 Å². The number of anilines is 2. The van der Waals surface area contributed by atoms with Crippen LogP contribution in [-0.2, 0) is 10.0 Å². The second-order valence-electron chi connectivity index (χ2n) is 8.59. The van der Waals surface area contributed by atoms with Crippen LogP contribution in [0.2, 0.25) is 0 Å². The quantitative estimate of drug-likeness (QED) is 0.349. The summed E-state index contributed by atoms with van der Waals surface area (Å²) in [6, 6.07) is 9.68. The summed E-state index contributed by atoms with van der Waals surface area (Å²) in [4.78, 5) is 11.4. The van der Waals surface area contributed by atoms with Crippen LogP contribution in [0.5, 0.6) is 0 Å². The van der Waals surface area contributed by atoms with Gasteiger partial charge in [0.05, 0.1) is 9.30 Å². The molecule has 0 spiro atoms. The fourth-order valence-corrected chi connectivity index (χ4v) is 8.09. The molecule has 1 aliphatic rings. The van der Waals surface area contributed by atoms with Gasteiger partial charge in [-0.3, -0.25) is 0 Å². The van der Waals surface area contributed by atoms with Crippen LogP contribution < -0.4 is 14.9 Å². The molecule has 4 rings (SSSR count). The Morgan fingerprint density at radius 1 is 1.06 bits per heavy atom. The predicted octanol–water partition coefficient (Wildman–Crippen LogP) is 5.48. The molecular weight excluding hydrogens is 590 g/mol. The zero-order valence-corrected chi connectivity index (χ0v) is 23.3. The summed E-state index contributed by atoms with van der Waals surface area (Å²) in [5, 5.41) is 4.47. The lowest BCUT2D eigenvalue weighted by molar-refractivity contribution is 0.284. The minimum Gasteiger partial charge on any atom is -0.362 e. The van der Waals surface area contributed by atoms with E-state index in [2.05, 4.69) is 46.9 Å². The predicted molar refractivity (Wildman–Crippen MR) is 143 cm³/mol. The van der Waals surface area contributed by atoms with Crippen molar-refractivity contribution in [2.45, 2.75) is 29.9 Å². The summed E-state index contributed by atoms with van der Waals surface area (Å²) in [7, 11) is 0.506. The zero-order chi connectivity index (χ0) is 23.6. The lowest BCUT2D eigenvalue weighted by Gasteiger charge is -2.28. The number of hydrogen-bond donors (Lipinski definition) is 2. The number of nitrogens with zero attached hydrogens (tertiary/aromatic N) is 3. The lowest BCUT2D eigenvalue weighted by Crippen LogP contribution is -2.32. The van der Waals surface area contributed by atoms with Gasteiger partial charge in [-0.1, -0.05) is 12.1 Å². The summed E-state index contributed by atoms with van der Waals surface area (Å²) >= 11 is 7.92. The average molecular weight is 617 g/mol. The highest BCUT2D eigenvalue weighted by Crippen LogP contribution is 2.35. The Balaban J connectivity index is 1.28. The third kappa shape index (κ3) is 6.05. The first-order valence-electron chi connectivity index (χ1n) is 10.9. The van der Waals surface area contributed by atoms with E-state index in [4.69, 9.17) is 4.98 Å². The van der Waals surface area contributed by atoms with Crippen LogP contribution in [0.25, 0.3) is 10.9 Å². The van der Waals surface area contributed by atoms with Gasteiger partial charge in [0.1, 0.15) is 10.0 Å². The Morgan fingerprint density at radius 3 is 2.36 bits per heavy atom. The molecule has 11 heteroatoms. The molecule has 1 saturated carbocycles. The average Bonchev–Trinajstić information content (AvgIpc) is 3.15. The van der Waals surface area contributed by atoms with E-state index in [1.807, 2.05) is 43.3 Å². The number of fused-ring (bicyclic) bond motifs is 1. The summed E-state index contributed by atoms with van der Waals surface area (Å²) in [5.74, 6) is 2.45. The van der Waals surface area contributed by atoms with Gasteiger partial charge in [-0.15, -0.1) is 11.3 Å². The van der Waals surface area contributed by atoms with Gasteiger partial charge >= 0.3 is 0 Å². The molecule has 1 fully saturated rings. The van der Waals surface area contributed by atoms with Crippen molar-refractivity contribution in [3.05, 3.63) is 38.6 Å². The standard InChI is InChI=1S/C22H27Br2N5O2S2/c1-29(2)21-16-5-3-4-6-18(16)27-22(28-21)25-12-14-7-9-15(10-8-14)13-26-33(30,31)19-11-17(23)20(24)32-19/h3-6,11,14-15,26H,7-10,12-13H2,1-2H3,(H,25,27,28). The number of hydrogen-bond acceptors (Lipinski definition) is 7. The first-order chi connectivity index (χ1) is 15.7. The third-order valence-electron chi connectivity index (χ3n) is 5.97. The number of nitrogens with one attached hydrogen (secondary N) is 2. The molecule has 0 amide bonds. The highest BCUT2D eigenvalue weighted by atomic mass is 79.9. The van der Waals surface area contributed by atoms with Crippen LogP contribution >= 0.6 is 43.2 Å². The number of thiophene rings is 1.